The number of ketones is 1. The van der Waals surface area contributed by atoms with Crippen molar-refractivity contribution < 1.29 is 14.3 Å². The van der Waals surface area contributed by atoms with Gasteiger partial charge in [0.1, 0.15) is 6.04 Å². The molecule has 1 aromatic carbocycles. The minimum absolute atomic E-state index is 0.0888. The van der Waals surface area contributed by atoms with Gasteiger partial charge in [-0.3, -0.25) is 9.59 Å². The zero-order valence-corrected chi connectivity index (χ0v) is 12.5. The second-order valence-electron chi connectivity index (χ2n) is 4.47. The number of thiazole rings is 1. The van der Waals surface area contributed by atoms with Crippen molar-refractivity contribution >= 4 is 33.2 Å². The van der Waals surface area contributed by atoms with Crippen LogP contribution in [0.3, 0.4) is 0 Å². The van der Waals surface area contributed by atoms with E-state index in [4.69, 9.17) is 10.5 Å². The number of nitrogens with one attached hydrogen (secondary N) is 1. The van der Waals surface area contributed by atoms with Gasteiger partial charge in [0, 0.05) is 13.5 Å². The predicted octanol–water partition coefficient (Wildman–Crippen LogP) is 0.959. The van der Waals surface area contributed by atoms with Gasteiger partial charge in [0.2, 0.25) is 11.7 Å². The molecule has 7 heteroatoms. The number of hydrogen-bond donors (Lipinski definition) is 2. The lowest BCUT2D eigenvalue weighted by Gasteiger charge is -2.15. The summed E-state index contributed by atoms with van der Waals surface area (Å²) in [5.74, 6) is -0.533. The van der Waals surface area contributed by atoms with Gasteiger partial charge in [-0.25, -0.2) is 4.98 Å². The highest BCUT2D eigenvalue weighted by Gasteiger charge is 2.24. The first-order valence-electron chi connectivity index (χ1n) is 6.56. The molecule has 112 valence electrons. The quantitative estimate of drug-likeness (QED) is 0.587. The van der Waals surface area contributed by atoms with Crippen molar-refractivity contribution in [2.45, 2.75) is 13.0 Å². The molecule has 1 amide bonds. The van der Waals surface area contributed by atoms with Crippen LogP contribution in [0, 0.1) is 0 Å². The van der Waals surface area contributed by atoms with E-state index < -0.39 is 6.04 Å². The third-order valence-electron chi connectivity index (χ3n) is 2.75. The molecule has 0 fully saturated rings. The number of hydrogen-bond acceptors (Lipinski definition) is 6. The van der Waals surface area contributed by atoms with Gasteiger partial charge in [-0.2, -0.15) is 0 Å². The number of rotatable bonds is 7. The number of fused-ring (bicyclic) bond motifs is 1. The summed E-state index contributed by atoms with van der Waals surface area (Å²) in [6.07, 6.45) is 0. The molecule has 2 aromatic rings. The molecule has 1 heterocycles. The Morgan fingerprint density at radius 3 is 2.86 bits per heavy atom. The molecule has 0 radical (unpaired) electrons. The number of carbonyl (C=O) groups excluding carboxylic acids is 2. The molecular weight excluding hydrogens is 290 g/mol. The fraction of sp³-hybridized carbons (Fsp3) is 0.357. The van der Waals surface area contributed by atoms with Gasteiger partial charge in [0.15, 0.2) is 5.01 Å². The summed E-state index contributed by atoms with van der Waals surface area (Å²) in [6.45, 7) is 2.15. The number of aromatic nitrogens is 1. The van der Waals surface area contributed by atoms with Gasteiger partial charge < -0.3 is 15.8 Å². The van der Waals surface area contributed by atoms with Gasteiger partial charge in [-0.15, -0.1) is 11.3 Å². The Bertz CT molecular complexity index is 608. The molecule has 21 heavy (non-hydrogen) atoms. The van der Waals surface area contributed by atoms with Crippen LogP contribution in [0.15, 0.2) is 24.3 Å². The van der Waals surface area contributed by atoms with Gasteiger partial charge in [-0.1, -0.05) is 12.1 Å². The SMILES string of the molecule is CC(=O)N[C@@H](COCCN)C(=O)c1nc2ccccc2s1. The van der Waals surface area contributed by atoms with E-state index in [9.17, 15) is 9.59 Å². The van der Waals surface area contributed by atoms with Crippen LogP contribution in [0.1, 0.15) is 16.7 Å². The van der Waals surface area contributed by atoms with E-state index in [0.717, 1.165) is 10.2 Å². The average Bonchev–Trinajstić information content (AvgIpc) is 2.89. The fourth-order valence-corrected chi connectivity index (χ4v) is 2.80. The molecule has 6 nitrogen and oxygen atoms in total. The van der Waals surface area contributed by atoms with E-state index in [1.54, 1.807) is 0 Å². The summed E-state index contributed by atoms with van der Waals surface area (Å²) >= 11 is 1.31. The highest BCUT2D eigenvalue weighted by atomic mass is 32.1. The minimum atomic E-state index is -0.741. The maximum Gasteiger partial charge on any atom is 0.217 e. The molecule has 1 atom stereocenters. The van der Waals surface area contributed by atoms with Crippen molar-refractivity contribution in [2.24, 2.45) is 5.73 Å². The maximum absolute atomic E-state index is 12.5. The second kappa shape index (κ2) is 7.26. The molecule has 2 rings (SSSR count). The molecule has 0 saturated carbocycles. The molecule has 0 saturated heterocycles. The van der Waals surface area contributed by atoms with E-state index in [1.165, 1.54) is 18.3 Å². The summed E-state index contributed by atoms with van der Waals surface area (Å²) in [6, 6.07) is 6.77. The summed E-state index contributed by atoms with van der Waals surface area (Å²) in [5.41, 5.74) is 6.12. The Hall–Kier alpha value is -1.83. The molecule has 0 spiro atoms. The number of ether oxygens (including phenoxy) is 1. The van der Waals surface area contributed by atoms with Crippen LogP contribution in [0.2, 0.25) is 0 Å². The highest BCUT2D eigenvalue weighted by molar-refractivity contribution is 7.20. The van der Waals surface area contributed by atoms with Crippen molar-refractivity contribution in [3.05, 3.63) is 29.3 Å². The van der Waals surface area contributed by atoms with Gasteiger partial charge in [0.05, 0.1) is 23.4 Å². The van der Waals surface area contributed by atoms with E-state index in [0.29, 0.717) is 18.2 Å². The van der Waals surface area contributed by atoms with E-state index in [-0.39, 0.29) is 18.3 Å². The smallest absolute Gasteiger partial charge is 0.217 e. The van der Waals surface area contributed by atoms with Crippen molar-refractivity contribution in [3.63, 3.8) is 0 Å². The van der Waals surface area contributed by atoms with Crippen LogP contribution in [-0.2, 0) is 9.53 Å². The lowest BCUT2D eigenvalue weighted by molar-refractivity contribution is -0.119. The topological polar surface area (TPSA) is 94.3 Å². The Labute approximate surface area is 126 Å². The zero-order chi connectivity index (χ0) is 15.2. The summed E-state index contributed by atoms with van der Waals surface area (Å²) in [7, 11) is 0. The second-order valence-corrected chi connectivity index (χ2v) is 5.50. The van der Waals surface area contributed by atoms with Crippen LogP contribution < -0.4 is 11.1 Å². The first-order valence-corrected chi connectivity index (χ1v) is 7.38. The van der Waals surface area contributed by atoms with E-state index in [1.807, 2.05) is 24.3 Å². The van der Waals surface area contributed by atoms with Crippen LogP contribution in [-0.4, -0.2) is 42.5 Å². The molecule has 1 aromatic heterocycles. The number of benzene rings is 1. The number of carbonyl (C=O) groups is 2. The summed E-state index contributed by atoms with van der Waals surface area (Å²) in [5, 5.41) is 2.96. The third kappa shape index (κ3) is 4.07. The fourth-order valence-electron chi connectivity index (χ4n) is 1.84. The molecule has 0 aliphatic heterocycles. The Balaban J connectivity index is 2.17. The lowest BCUT2D eigenvalue weighted by Crippen LogP contribution is -2.43. The van der Waals surface area contributed by atoms with Crippen molar-refractivity contribution in [3.8, 4) is 0 Å². The van der Waals surface area contributed by atoms with Crippen LogP contribution in [0.4, 0.5) is 0 Å². The predicted molar refractivity (Wildman–Crippen MR) is 81.4 cm³/mol. The lowest BCUT2D eigenvalue weighted by atomic mass is 10.2. The van der Waals surface area contributed by atoms with Crippen LogP contribution in [0.5, 0.6) is 0 Å². The number of Topliss-reactive ketones (excluding diaryl/α,β-unsaturated/α-hetero) is 1. The van der Waals surface area contributed by atoms with Crippen molar-refractivity contribution in [1.82, 2.24) is 10.3 Å². The zero-order valence-electron chi connectivity index (χ0n) is 11.7. The number of nitrogens with zero attached hydrogens (tertiary/aromatic N) is 1. The highest BCUT2D eigenvalue weighted by Crippen LogP contribution is 2.22. The Kier molecular flexibility index (Phi) is 5.38. The van der Waals surface area contributed by atoms with Crippen molar-refractivity contribution in [1.29, 1.82) is 0 Å². The molecule has 0 aliphatic rings. The first kappa shape index (κ1) is 15.6. The Morgan fingerprint density at radius 1 is 1.43 bits per heavy atom. The molecule has 0 bridgehead atoms. The van der Waals surface area contributed by atoms with Crippen LogP contribution in [0.25, 0.3) is 10.2 Å². The average molecular weight is 307 g/mol. The molecule has 3 N–H and O–H groups in total. The van der Waals surface area contributed by atoms with Gasteiger partial charge >= 0.3 is 0 Å². The molecular formula is C14H17N3O3S. The van der Waals surface area contributed by atoms with E-state index in [2.05, 4.69) is 10.3 Å². The molecule has 0 aliphatic carbocycles. The van der Waals surface area contributed by atoms with E-state index >= 15 is 0 Å². The third-order valence-corrected chi connectivity index (χ3v) is 3.80. The van der Waals surface area contributed by atoms with Gasteiger partial charge in [0.25, 0.3) is 0 Å². The standard InChI is InChI=1S/C14H17N3O3S/c1-9(18)16-11(8-20-7-6-15)13(19)14-17-10-4-2-3-5-12(10)21-14/h2-5,11H,6-8,15H2,1H3,(H,16,18)/t11-/m0/s1. The number of para-hydroxylation sites is 1. The number of amides is 1. The monoisotopic (exact) mass is 307 g/mol. The largest absolute Gasteiger partial charge is 0.378 e. The van der Waals surface area contributed by atoms with Gasteiger partial charge in [-0.05, 0) is 12.1 Å². The van der Waals surface area contributed by atoms with Crippen molar-refractivity contribution in [2.75, 3.05) is 19.8 Å². The summed E-state index contributed by atoms with van der Waals surface area (Å²) in [4.78, 5) is 28.0. The van der Waals surface area contributed by atoms with Crippen LogP contribution >= 0.6 is 11.3 Å². The molecule has 0 unspecified atom stereocenters. The first-order chi connectivity index (χ1) is 10.1. The maximum atomic E-state index is 12.5. The minimum Gasteiger partial charge on any atom is -0.378 e. The Morgan fingerprint density at radius 2 is 2.19 bits per heavy atom. The normalized spacial score (nSPS) is 12.3. The number of nitrogens with two attached hydrogens (primary N) is 1. The summed E-state index contributed by atoms with van der Waals surface area (Å²) < 4.78 is 6.21.